The number of ether oxygens (including phenoxy) is 1. The summed E-state index contributed by atoms with van der Waals surface area (Å²) in [7, 11) is 0. The molecule has 124 valence electrons. The van der Waals surface area contributed by atoms with Crippen LogP contribution in [0.15, 0.2) is 42.9 Å². The fourth-order valence-corrected chi connectivity index (χ4v) is 2.31. The maximum atomic E-state index is 12.4. The van der Waals surface area contributed by atoms with Gasteiger partial charge < -0.3 is 15.4 Å². The van der Waals surface area contributed by atoms with E-state index in [0.29, 0.717) is 30.3 Å². The molecule has 1 unspecified atom stereocenters. The number of likely N-dealkylation sites (tertiary alicyclic amines) is 1. The summed E-state index contributed by atoms with van der Waals surface area (Å²) in [6.07, 6.45) is 5.49. The predicted molar refractivity (Wildman–Crippen MR) is 91.5 cm³/mol. The zero-order valence-electron chi connectivity index (χ0n) is 12.3. The van der Waals surface area contributed by atoms with Crippen molar-refractivity contribution in [3.63, 3.8) is 0 Å². The Kier molecular flexibility index (Phi) is 7.22. The van der Waals surface area contributed by atoms with Gasteiger partial charge in [-0.05, 0) is 24.6 Å². The van der Waals surface area contributed by atoms with Gasteiger partial charge in [-0.1, -0.05) is 6.07 Å². The summed E-state index contributed by atoms with van der Waals surface area (Å²) >= 11 is 0. The molecule has 0 spiro atoms. The van der Waals surface area contributed by atoms with E-state index in [9.17, 15) is 4.79 Å². The van der Waals surface area contributed by atoms with Crippen molar-refractivity contribution < 1.29 is 9.53 Å². The van der Waals surface area contributed by atoms with Crippen LogP contribution in [-0.2, 0) is 0 Å². The predicted octanol–water partition coefficient (Wildman–Crippen LogP) is 2.29. The van der Waals surface area contributed by atoms with Crippen molar-refractivity contribution in [1.29, 1.82) is 0 Å². The Bertz CT molecular complexity index is 642. The number of hydrogen-bond donors (Lipinski definition) is 1. The molecule has 3 rings (SSSR count). The van der Waals surface area contributed by atoms with E-state index in [2.05, 4.69) is 9.97 Å². The molecule has 2 heterocycles. The average molecular weight is 357 g/mol. The van der Waals surface area contributed by atoms with E-state index < -0.39 is 0 Å². The second kappa shape index (κ2) is 8.67. The van der Waals surface area contributed by atoms with Crippen LogP contribution in [-0.4, -0.2) is 39.9 Å². The van der Waals surface area contributed by atoms with Gasteiger partial charge in [-0.3, -0.25) is 9.78 Å². The normalized spacial score (nSPS) is 16.2. The van der Waals surface area contributed by atoms with Crippen LogP contribution < -0.4 is 10.5 Å². The van der Waals surface area contributed by atoms with Crippen LogP contribution in [0.1, 0.15) is 16.8 Å². The average Bonchev–Trinajstić information content (AvgIpc) is 2.94. The van der Waals surface area contributed by atoms with E-state index in [1.54, 1.807) is 41.6 Å². The Balaban J connectivity index is 0.00000132. The number of benzene rings is 1. The lowest BCUT2D eigenvalue weighted by atomic mass is 10.2. The summed E-state index contributed by atoms with van der Waals surface area (Å²) in [6.45, 7) is 1.31. The summed E-state index contributed by atoms with van der Waals surface area (Å²) < 4.78 is 5.58. The molecule has 0 saturated carbocycles. The molecule has 0 radical (unpaired) electrons. The zero-order chi connectivity index (χ0) is 14.7. The van der Waals surface area contributed by atoms with E-state index >= 15 is 0 Å². The summed E-state index contributed by atoms with van der Waals surface area (Å²) in [4.78, 5) is 22.1. The molecule has 1 aromatic heterocycles. The second-order valence-corrected chi connectivity index (χ2v) is 4.97. The molecule has 0 aliphatic carbocycles. The number of carbonyl (C=O) groups is 1. The number of hydrogen-bond acceptors (Lipinski definition) is 5. The van der Waals surface area contributed by atoms with E-state index in [1.165, 1.54) is 6.20 Å². The monoisotopic (exact) mass is 356 g/mol. The summed E-state index contributed by atoms with van der Waals surface area (Å²) in [5.74, 6) is 0.933. The van der Waals surface area contributed by atoms with Gasteiger partial charge in [-0.2, -0.15) is 0 Å². The Hall–Kier alpha value is -1.89. The SMILES string of the molecule is Cl.Cl.NC1CCN(C(=O)c2cccc(Oc3cnccn3)c2)C1. The molecular formula is C15H18Cl2N4O2. The van der Waals surface area contributed by atoms with Crippen LogP contribution in [0, 0.1) is 0 Å². The molecule has 1 aliphatic heterocycles. The quantitative estimate of drug-likeness (QED) is 0.912. The number of amides is 1. The smallest absolute Gasteiger partial charge is 0.254 e. The van der Waals surface area contributed by atoms with Crippen LogP contribution in [0.5, 0.6) is 11.6 Å². The van der Waals surface area contributed by atoms with Gasteiger partial charge in [0.15, 0.2) is 0 Å². The van der Waals surface area contributed by atoms with Crippen molar-refractivity contribution >= 4 is 30.7 Å². The molecule has 2 aromatic rings. The van der Waals surface area contributed by atoms with E-state index in [1.807, 2.05) is 0 Å². The Morgan fingerprint density at radius 3 is 2.78 bits per heavy atom. The Labute approximate surface area is 146 Å². The third kappa shape index (κ3) is 4.79. The van der Waals surface area contributed by atoms with Gasteiger partial charge in [0.25, 0.3) is 5.91 Å². The third-order valence-corrected chi connectivity index (χ3v) is 3.35. The molecule has 8 heteroatoms. The van der Waals surface area contributed by atoms with Crippen molar-refractivity contribution in [1.82, 2.24) is 14.9 Å². The number of rotatable bonds is 3. The fourth-order valence-electron chi connectivity index (χ4n) is 2.31. The minimum absolute atomic E-state index is 0. The van der Waals surface area contributed by atoms with E-state index in [0.717, 1.165) is 6.42 Å². The topological polar surface area (TPSA) is 81.3 Å². The Morgan fingerprint density at radius 2 is 2.13 bits per heavy atom. The summed E-state index contributed by atoms with van der Waals surface area (Å²) in [6, 6.07) is 7.13. The fraction of sp³-hybridized carbons (Fsp3) is 0.267. The first kappa shape index (κ1) is 19.2. The molecule has 23 heavy (non-hydrogen) atoms. The maximum Gasteiger partial charge on any atom is 0.254 e. The van der Waals surface area contributed by atoms with E-state index in [-0.39, 0.29) is 36.8 Å². The molecule has 1 aliphatic rings. The number of carbonyl (C=O) groups excluding carboxylic acids is 1. The zero-order valence-corrected chi connectivity index (χ0v) is 13.9. The van der Waals surface area contributed by atoms with Gasteiger partial charge in [0.1, 0.15) is 5.75 Å². The molecule has 1 atom stereocenters. The highest BCUT2D eigenvalue weighted by molar-refractivity contribution is 5.94. The standard InChI is InChI=1S/C15H16N4O2.2ClH/c16-12-4-7-19(10-12)15(20)11-2-1-3-13(8-11)21-14-9-17-5-6-18-14;;/h1-3,5-6,8-9,12H,4,7,10,16H2;2*1H. The van der Waals surface area contributed by atoms with Crippen LogP contribution in [0.25, 0.3) is 0 Å². The highest BCUT2D eigenvalue weighted by atomic mass is 35.5. The summed E-state index contributed by atoms with van der Waals surface area (Å²) in [5.41, 5.74) is 6.43. The Morgan fingerprint density at radius 1 is 1.30 bits per heavy atom. The van der Waals surface area contributed by atoms with Crippen molar-refractivity contribution in [3.05, 3.63) is 48.4 Å². The first-order valence-electron chi connectivity index (χ1n) is 6.81. The first-order valence-corrected chi connectivity index (χ1v) is 6.81. The number of nitrogens with zero attached hydrogens (tertiary/aromatic N) is 3. The van der Waals surface area contributed by atoms with Gasteiger partial charge in [0.2, 0.25) is 5.88 Å². The summed E-state index contributed by atoms with van der Waals surface area (Å²) in [5, 5.41) is 0. The lowest BCUT2D eigenvalue weighted by Gasteiger charge is -2.16. The largest absolute Gasteiger partial charge is 0.437 e. The number of nitrogens with two attached hydrogens (primary N) is 1. The van der Waals surface area contributed by atoms with Crippen molar-refractivity contribution in [2.75, 3.05) is 13.1 Å². The molecular weight excluding hydrogens is 339 g/mol. The highest BCUT2D eigenvalue weighted by Crippen LogP contribution is 2.21. The van der Waals surface area contributed by atoms with Gasteiger partial charge in [0.05, 0.1) is 6.20 Å². The van der Waals surface area contributed by atoms with Gasteiger partial charge >= 0.3 is 0 Å². The van der Waals surface area contributed by atoms with Crippen molar-refractivity contribution in [2.24, 2.45) is 5.73 Å². The van der Waals surface area contributed by atoms with Crippen LogP contribution >= 0.6 is 24.8 Å². The van der Waals surface area contributed by atoms with Crippen LogP contribution in [0.3, 0.4) is 0 Å². The molecule has 1 amide bonds. The van der Waals surface area contributed by atoms with Crippen LogP contribution in [0.2, 0.25) is 0 Å². The van der Waals surface area contributed by atoms with Crippen molar-refractivity contribution in [2.45, 2.75) is 12.5 Å². The molecule has 2 N–H and O–H groups in total. The number of aromatic nitrogens is 2. The molecule has 1 saturated heterocycles. The highest BCUT2D eigenvalue weighted by Gasteiger charge is 2.24. The maximum absolute atomic E-state index is 12.4. The van der Waals surface area contributed by atoms with Gasteiger partial charge in [-0.25, -0.2) is 4.98 Å². The number of halogens is 2. The van der Waals surface area contributed by atoms with Gasteiger partial charge in [-0.15, -0.1) is 24.8 Å². The third-order valence-electron chi connectivity index (χ3n) is 3.35. The minimum atomic E-state index is -0.0208. The lowest BCUT2D eigenvalue weighted by Crippen LogP contribution is -2.31. The van der Waals surface area contributed by atoms with E-state index in [4.69, 9.17) is 10.5 Å². The van der Waals surface area contributed by atoms with Gasteiger partial charge in [0, 0.05) is 37.1 Å². The van der Waals surface area contributed by atoms with Crippen molar-refractivity contribution in [3.8, 4) is 11.6 Å². The van der Waals surface area contributed by atoms with Crippen LogP contribution in [0.4, 0.5) is 0 Å². The molecule has 0 bridgehead atoms. The molecule has 1 fully saturated rings. The molecule has 1 aromatic carbocycles. The molecule has 6 nitrogen and oxygen atoms in total. The minimum Gasteiger partial charge on any atom is -0.437 e. The first-order chi connectivity index (χ1) is 10.2. The lowest BCUT2D eigenvalue weighted by molar-refractivity contribution is 0.0790. The second-order valence-electron chi connectivity index (χ2n) is 4.97.